The van der Waals surface area contributed by atoms with Gasteiger partial charge in [-0.25, -0.2) is 4.68 Å². The maximum atomic E-state index is 12.2. The van der Waals surface area contributed by atoms with Crippen LogP contribution in [0.2, 0.25) is 0 Å². The third-order valence-electron chi connectivity index (χ3n) is 2.92. The minimum Gasteiger partial charge on any atom is -0.321 e. The van der Waals surface area contributed by atoms with Crippen molar-refractivity contribution in [3.8, 4) is 5.69 Å². The maximum absolute atomic E-state index is 12.2. The number of amides is 1. The number of rotatable bonds is 3. The van der Waals surface area contributed by atoms with Gasteiger partial charge in [0.15, 0.2) is 0 Å². The number of tetrazole rings is 1. The second kappa shape index (κ2) is 6.27. The summed E-state index contributed by atoms with van der Waals surface area (Å²) in [6, 6.07) is 7.35. The molecule has 0 spiro atoms. The summed E-state index contributed by atoms with van der Waals surface area (Å²) in [6.45, 7) is 1.94. The predicted octanol–water partition coefficient (Wildman–Crippen LogP) is 3.81. The molecule has 0 atom stereocenters. The highest BCUT2D eigenvalue weighted by molar-refractivity contribution is 9.13. The summed E-state index contributed by atoms with van der Waals surface area (Å²) in [7, 11) is 0. The Hall–Kier alpha value is -1.58. The fraction of sp³-hybridized carbons (Fsp3) is 0.0769. The molecular formula is C13H9Br2N5OS. The molecule has 0 aliphatic rings. The quantitative estimate of drug-likeness (QED) is 0.669. The number of carbonyl (C=O) groups excluding carboxylic acids is 1. The normalized spacial score (nSPS) is 10.7. The highest BCUT2D eigenvalue weighted by Crippen LogP contribution is 2.32. The highest BCUT2D eigenvalue weighted by atomic mass is 79.9. The molecule has 9 heteroatoms. The largest absolute Gasteiger partial charge is 0.321 e. The molecule has 0 saturated heterocycles. The van der Waals surface area contributed by atoms with Crippen molar-refractivity contribution in [2.24, 2.45) is 0 Å². The van der Waals surface area contributed by atoms with Crippen molar-refractivity contribution >= 4 is 54.8 Å². The van der Waals surface area contributed by atoms with Gasteiger partial charge in [-0.1, -0.05) is 0 Å². The van der Waals surface area contributed by atoms with E-state index in [9.17, 15) is 4.79 Å². The van der Waals surface area contributed by atoms with Gasteiger partial charge in [0, 0.05) is 10.2 Å². The summed E-state index contributed by atoms with van der Waals surface area (Å²) in [5.74, 6) is -0.147. The summed E-state index contributed by atoms with van der Waals surface area (Å²) >= 11 is 8.13. The number of thiophene rings is 1. The van der Waals surface area contributed by atoms with Crippen LogP contribution >= 0.6 is 43.2 Å². The van der Waals surface area contributed by atoms with Crippen molar-refractivity contribution < 1.29 is 4.79 Å². The molecule has 22 heavy (non-hydrogen) atoms. The molecule has 1 amide bonds. The van der Waals surface area contributed by atoms with E-state index < -0.39 is 0 Å². The average molecular weight is 443 g/mol. The first kappa shape index (κ1) is 15.3. The molecular weight excluding hydrogens is 434 g/mol. The van der Waals surface area contributed by atoms with Crippen molar-refractivity contribution in [2.75, 3.05) is 5.32 Å². The van der Waals surface area contributed by atoms with Crippen LogP contribution in [0.5, 0.6) is 0 Å². The lowest BCUT2D eigenvalue weighted by Crippen LogP contribution is -2.10. The van der Waals surface area contributed by atoms with E-state index >= 15 is 0 Å². The van der Waals surface area contributed by atoms with Gasteiger partial charge in [-0.2, -0.15) is 0 Å². The lowest BCUT2D eigenvalue weighted by molar-refractivity contribution is 0.103. The zero-order valence-corrected chi connectivity index (χ0v) is 15.2. The Kier molecular flexibility index (Phi) is 4.37. The molecule has 112 valence electrons. The lowest BCUT2D eigenvalue weighted by Gasteiger charge is -2.08. The second-order valence-corrected chi connectivity index (χ2v) is 7.67. The van der Waals surface area contributed by atoms with Crippen molar-refractivity contribution in [1.82, 2.24) is 20.2 Å². The third kappa shape index (κ3) is 3.11. The number of benzene rings is 1. The second-order valence-electron chi connectivity index (χ2n) is 4.44. The zero-order valence-electron chi connectivity index (χ0n) is 11.2. The Morgan fingerprint density at radius 1 is 1.32 bits per heavy atom. The number of aryl methyl sites for hydroxylation is 1. The molecule has 0 aliphatic heterocycles. The molecule has 0 unspecified atom stereocenters. The van der Waals surface area contributed by atoms with Crippen LogP contribution in [0, 0.1) is 6.92 Å². The van der Waals surface area contributed by atoms with Gasteiger partial charge in [-0.3, -0.25) is 4.79 Å². The fourth-order valence-corrected chi connectivity index (χ4v) is 3.84. The van der Waals surface area contributed by atoms with Gasteiger partial charge in [-0.15, -0.1) is 16.4 Å². The van der Waals surface area contributed by atoms with Crippen LogP contribution in [0.1, 0.15) is 15.2 Å². The maximum Gasteiger partial charge on any atom is 0.265 e. The number of aromatic nitrogens is 4. The van der Waals surface area contributed by atoms with Gasteiger partial charge in [0.05, 0.1) is 14.4 Å². The standard InChI is InChI=1S/C13H9Br2N5OS/c1-7-4-8(2-3-10(7)20-6-16-18-19-20)17-13(21)11-5-9(14)12(15)22-11/h2-6H,1H3,(H,17,21). The summed E-state index contributed by atoms with van der Waals surface area (Å²) in [4.78, 5) is 12.9. The van der Waals surface area contributed by atoms with E-state index in [2.05, 4.69) is 52.7 Å². The molecule has 1 aromatic carbocycles. The molecule has 3 rings (SSSR count). The Balaban J connectivity index is 1.81. The van der Waals surface area contributed by atoms with Gasteiger partial charge in [0.25, 0.3) is 5.91 Å². The van der Waals surface area contributed by atoms with Gasteiger partial charge < -0.3 is 5.32 Å². The van der Waals surface area contributed by atoms with Gasteiger partial charge >= 0.3 is 0 Å². The van der Waals surface area contributed by atoms with Gasteiger partial charge in [0.2, 0.25) is 0 Å². The SMILES string of the molecule is Cc1cc(NC(=O)c2cc(Br)c(Br)s2)ccc1-n1cnnn1. The number of nitrogens with one attached hydrogen (secondary N) is 1. The van der Waals surface area contributed by atoms with Crippen molar-refractivity contribution in [1.29, 1.82) is 0 Å². The Bertz CT molecular complexity index is 812. The van der Waals surface area contributed by atoms with E-state index in [4.69, 9.17) is 0 Å². The number of halogens is 2. The van der Waals surface area contributed by atoms with Gasteiger partial charge in [-0.05, 0) is 79.0 Å². The van der Waals surface area contributed by atoms with E-state index in [0.29, 0.717) is 4.88 Å². The van der Waals surface area contributed by atoms with Crippen molar-refractivity contribution in [3.63, 3.8) is 0 Å². The van der Waals surface area contributed by atoms with Crippen LogP contribution in [0.4, 0.5) is 5.69 Å². The van der Waals surface area contributed by atoms with E-state index in [0.717, 1.165) is 25.2 Å². The molecule has 6 nitrogen and oxygen atoms in total. The van der Waals surface area contributed by atoms with Crippen LogP contribution in [0.25, 0.3) is 5.69 Å². The number of hydrogen-bond donors (Lipinski definition) is 1. The predicted molar refractivity (Wildman–Crippen MR) is 91.6 cm³/mol. The first-order chi connectivity index (χ1) is 10.5. The van der Waals surface area contributed by atoms with E-state index in [1.807, 2.05) is 25.1 Å². The number of carbonyl (C=O) groups is 1. The third-order valence-corrected chi connectivity index (χ3v) is 6.17. The Morgan fingerprint density at radius 3 is 2.73 bits per heavy atom. The summed E-state index contributed by atoms with van der Waals surface area (Å²) < 4.78 is 3.34. The number of hydrogen-bond acceptors (Lipinski definition) is 5. The van der Waals surface area contributed by atoms with Crippen LogP contribution in [-0.2, 0) is 0 Å². The monoisotopic (exact) mass is 441 g/mol. The minimum atomic E-state index is -0.147. The summed E-state index contributed by atoms with van der Waals surface area (Å²) in [5, 5.41) is 14.0. The molecule has 0 aliphatic carbocycles. The topological polar surface area (TPSA) is 72.7 Å². The van der Waals surface area contributed by atoms with Crippen molar-refractivity contribution in [2.45, 2.75) is 6.92 Å². The van der Waals surface area contributed by atoms with E-state index in [1.165, 1.54) is 17.7 Å². The number of nitrogens with zero attached hydrogens (tertiary/aromatic N) is 4. The molecule has 0 bridgehead atoms. The lowest BCUT2D eigenvalue weighted by atomic mass is 10.2. The molecule has 3 aromatic rings. The van der Waals surface area contributed by atoms with E-state index in [-0.39, 0.29) is 5.91 Å². The first-order valence-corrected chi connectivity index (χ1v) is 8.55. The molecule has 1 N–H and O–H groups in total. The smallest absolute Gasteiger partial charge is 0.265 e. The zero-order chi connectivity index (χ0) is 15.7. The minimum absolute atomic E-state index is 0.147. The van der Waals surface area contributed by atoms with Crippen LogP contribution in [0.3, 0.4) is 0 Å². The first-order valence-electron chi connectivity index (χ1n) is 6.15. The highest BCUT2D eigenvalue weighted by Gasteiger charge is 2.13. The summed E-state index contributed by atoms with van der Waals surface area (Å²) in [5.41, 5.74) is 2.54. The average Bonchev–Trinajstić information content (AvgIpc) is 3.10. The molecule has 0 radical (unpaired) electrons. The molecule has 0 saturated carbocycles. The summed E-state index contributed by atoms with van der Waals surface area (Å²) in [6.07, 6.45) is 1.53. The molecule has 0 fully saturated rings. The number of anilines is 1. The fourth-order valence-electron chi connectivity index (χ4n) is 1.91. The van der Waals surface area contributed by atoms with Crippen LogP contribution < -0.4 is 5.32 Å². The van der Waals surface area contributed by atoms with Crippen LogP contribution in [0.15, 0.2) is 38.9 Å². The molecule has 2 heterocycles. The molecule has 2 aromatic heterocycles. The van der Waals surface area contributed by atoms with Gasteiger partial charge in [0.1, 0.15) is 6.33 Å². The Labute approximate surface area is 146 Å². The van der Waals surface area contributed by atoms with Crippen LogP contribution in [-0.4, -0.2) is 26.1 Å². The van der Waals surface area contributed by atoms with E-state index in [1.54, 1.807) is 10.7 Å². The Morgan fingerprint density at radius 2 is 2.14 bits per heavy atom. The van der Waals surface area contributed by atoms with Crippen molar-refractivity contribution in [3.05, 3.63) is 49.3 Å².